The molecule has 2 saturated heterocycles. The van der Waals surface area contributed by atoms with Crippen LogP contribution in [0.3, 0.4) is 0 Å². The Morgan fingerprint density at radius 1 is 1.00 bits per heavy atom. The van der Waals surface area contributed by atoms with Crippen molar-refractivity contribution in [3.63, 3.8) is 0 Å². The van der Waals surface area contributed by atoms with Gasteiger partial charge >= 0.3 is 0 Å². The molecular weight excluding hydrogens is 374 g/mol. The maximum absolute atomic E-state index is 13.3. The molecule has 5 nitrogen and oxygen atoms in total. The van der Waals surface area contributed by atoms with E-state index in [0.29, 0.717) is 18.0 Å². The lowest BCUT2D eigenvalue weighted by Gasteiger charge is -2.43. The molecule has 0 spiro atoms. The molecule has 6 heteroatoms. The number of hydrogen-bond donors (Lipinski definition) is 2. The highest BCUT2D eigenvalue weighted by atomic mass is 35.5. The predicted molar refractivity (Wildman–Crippen MR) is 108 cm³/mol. The second-order valence-electron chi connectivity index (χ2n) is 7.97. The zero-order chi connectivity index (χ0) is 19.3. The monoisotopic (exact) mass is 395 g/mol. The number of para-hydroxylation sites is 1. The van der Waals surface area contributed by atoms with Gasteiger partial charge in [0.1, 0.15) is 5.78 Å². The van der Waals surface area contributed by atoms with Gasteiger partial charge in [0.2, 0.25) is 5.91 Å². The molecule has 2 aromatic rings. The van der Waals surface area contributed by atoms with Gasteiger partial charge in [-0.25, -0.2) is 10.4 Å². The fourth-order valence-corrected chi connectivity index (χ4v) is 5.20. The molecule has 144 valence electrons. The summed E-state index contributed by atoms with van der Waals surface area (Å²) in [5.41, 5.74) is 5.27. The number of piperidine rings is 1. The second kappa shape index (κ2) is 6.99. The number of anilines is 1. The first kappa shape index (κ1) is 17.9. The van der Waals surface area contributed by atoms with Crippen LogP contribution < -0.4 is 15.8 Å². The Balaban J connectivity index is 1.43. The molecule has 0 radical (unpaired) electrons. The van der Waals surface area contributed by atoms with Gasteiger partial charge in [-0.2, -0.15) is 0 Å². The van der Waals surface area contributed by atoms with Crippen molar-refractivity contribution in [1.82, 2.24) is 10.7 Å². The number of hydrogen-bond acceptors (Lipinski definition) is 4. The van der Waals surface area contributed by atoms with Gasteiger partial charge in [-0.1, -0.05) is 41.9 Å². The van der Waals surface area contributed by atoms with E-state index in [2.05, 4.69) is 10.7 Å². The normalized spacial score (nSPS) is 32.2. The lowest BCUT2D eigenvalue weighted by atomic mass is 9.64. The second-order valence-corrected chi connectivity index (χ2v) is 8.41. The smallest absolute Gasteiger partial charge is 0.247 e. The van der Waals surface area contributed by atoms with E-state index in [1.165, 1.54) is 0 Å². The SMILES string of the molecule is O=C1CC(c2ccc(Cl)cc2)CC2C1CNC1NN(c3ccccc3)C(=O)C12. The van der Waals surface area contributed by atoms with E-state index >= 15 is 0 Å². The van der Waals surface area contributed by atoms with Crippen molar-refractivity contribution in [2.75, 3.05) is 11.6 Å². The molecule has 2 aliphatic heterocycles. The molecule has 3 fully saturated rings. The van der Waals surface area contributed by atoms with Crippen LogP contribution in [0.2, 0.25) is 5.02 Å². The molecule has 1 aliphatic carbocycles. The van der Waals surface area contributed by atoms with Crippen LogP contribution in [0.1, 0.15) is 24.3 Å². The average molecular weight is 396 g/mol. The number of carbonyl (C=O) groups excluding carboxylic acids is 2. The van der Waals surface area contributed by atoms with Crippen LogP contribution in [0.5, 0.6) is 0 Å². The Kier molecular flexibility index (Phi) is 4.46. The first-order chi connectivity index (χ1) is 13.6. The Labute approximate surface area is 169 Å². The van der Waals surface area contributed by atoms with E-state index in [9.17, 15) is 9.59 Å². The summed E-state index contributed by atoms with van der Waals surface area (Å²) in [5.74, 6) is 0.158. The molecule has 2 heterocycles. The van der Waals surface area contributed by atoms with Crippen LogP contribution in [0.4, 0.5) is 5.69 Å². The predicted octanol–water partition coefficient (Wildman–Crippen LogP) is 3.12. The molecule has 5 unspecified atom stereocenters. The van der Waals surface area contributed by atoms with E-state index in [1.54, 1.807) is 5.01 Å². The van der Waals surface area contributed by atoms with Crippen molar-refractivity contribution < 1.29 is 9.59 Å². The van der Waals surface area contributed by atoms with Crippen molar-refractivity contribution >= 4 is 29.0 Å². The van der Waals surface area contributed by atoms with Gasteiger partial charge in [0, 0.05) is 23.9 Å². The summed E-state index contributed by atoms with van der Waals surface area (Å²) in [6.07, 6.45) is 1.24. The summed E-state index contributed by atoms with van der Waals surface area (Å²) in [5, 5.41) is 5.72. The standard InChI is InChI=1S/C22H22ClN3O2/c23-15-8-6-13(7-9-15)14-10-17-18(19(27)11-14)12-24-21-20(17)22(28)26(25-21)16-4-2-1-3-5-16/h1-9,14,17-18,20-21,24-25H,10-12H2. The van der Waals surface area contributed by atoms with Crippen LogP contribution >= 0.6 is 11.6 Å². The van der Waals surface area contributed by atoms with E-state index in [4.69, 9.17) is 11.6 Å². The molecule has 28 heavy (non-hydrogen) atoms. The summed E-state index contributed by atoms with van der Waals surface area (Å²) >= 11 is 6.02. The van der Waals surface area contributed by atoms with Gasteiger partial charge in [0.25, 0.3) is 0 Å². The summed E-state index contributed by atoms with van der Waals surface area (Å²) in [7, 11) is 0. The van der Waals surface area contributed by atoms with Gasteiger partial charge in [-0.05, 0) is 48.1 Å². The molecular formula is C22H22ClN3O2. The van der Waals surface area contributed by atoms with Crippen LogP contribution in [0.25, 0.3) is 0 Å². The molecule has 2 aromatic carbocycles. The molecule has 5 atom stereocenters. The minimum absolute atomic E-state index is 0.0434. The van der Waals surface area contributed by atoms with Gasteiger partial charge in [0.15, 0.2) is 0 Å². The Hall–Kier alpha value is -2.21. The lowest BCUT2D eigenvalue weighted by Crippen LogP contribution is -2.57. The van der Waals surface area contributed by atoms with E-state index in [1.807, 2.05) is 54.6 Å². The third-order valence-electron chi connectivity index (χ3n) is 6.44. The molecule has 1 saturated carbocycles. The quantitative estimate of drug-likeness (QED) is 0.820. The van der Waals surface area contributed by atoms with Gasteiger partial charge in [-0.15, -0.1) is 0 Å². The number of benzene rings is 2. The molecule has 1 amide bonds. The van der Waals surface area contributed by atoms with Gasteiger partial charge in [0.05, 0.1) is 17.8 Å². The van der Waals surface area contributed by atoms with E-state index in [-0.39, 0.29) is 41.5 Å². The highest BCUT2D eigenvalue weighted by Crippen LogP contribution is 2.45. The number of Topliss-reactive ketones (excluding diaryl/α,β-unsaturated/α-hetero) is 1. The number of carbonyl (C=O) groups is 2. The first-order valence-electron chi connectivity index (χ1n) is 9.78. The van der Waals surface area contributed by atoms with Crippen molar-refractivity contribution in [2.45, 2.75) is 24.9 Å². The van der Waals surface area contributed by atoms with Gasteiger partial charge in [-0.3, -0.25) is 14.9 Å². The maximum Gasteiger partial charge on any atom is 0.247 e. The Morgan fingerprint density at radius 2 is 1.75 bits per heavy atom. The Bertz CT molecular complexity index is 902. The molecule has 0 bridgehead atoms. The third-order valence-corrected chi connectivity index (χ3v) is 6.69. The van der Waals surface area contributed by atoms with Crippen molar-refractivity contribution in [3.05, 3.63) is 65.2 Å². The number of ketones is 1. The highest BCUT2D eigenvalue weighted by molar-refractivity contribution is 6.30. The van der Waals surface area contributed by atoms with Crippen LogP contribution in [-0.2, 0) is 9.59 Å². The van der Waals surface area contributed by atoms with Crippen molar-refractivity contribution in [2.24, 2.45) is 17.8 Å². The maximum atomic E-state index is 13.3. The number of halogens is 1. The first-order valence-corrected chi connectivity index (χ1v) is 10.2. The molecule has 2 N–H and O–H groups in total. The zero-order valence-electron chi connectivity index (χ0n) is 15.3. The highest BCUT2D eigenvalue weighted by Gasteiger charge is 2.54. The minimum atomic E-state index is -0.238. The molecule has 5 rings (SSSR count). The number of fused-ring (bicyclic) bond motifs is 3. The van der Waals surface area contributed by atoms with Crippen molar-refractivity contribution in [3.8, 4) is 0 Å². The van der Waals surface area contributed by atoms with E-state index < -0.39 is 0 Å². The van der Waals surface area contributed by atoms with Crippen LogP contribution in [-0.4, -0.2) is 24.4 Å². The summed E-state index contributed by atoms with van der Waals surface area (Å²) in [4.78, 5) is 26.2. The molecule has 0 aromatic heterocycles. The summed E-state index contributed by atoms with van der Waals surface area (Å²) in [6.45, 7) is 0.626. The fraction of sp³-hybridized carbons (Fsp3) is 0.364. The van der Waals surface area contributed by atoms with E-state index in [0.717, 1.165) is 17.7 Å². The fourth-order valence-electron chi connectivity index (χ4n) is 5.07. The average Bonchev–Trinajstić information content (AvgIpc) is 3.06. The summed E-state index contributed by atoms with van der Waals surface area (Å²) < 4.78 is 0. The number of rotatable bonds is 2. The summed E-state index contributed by atoms with van der Waals surface area (Å²) in [6, 6.07) is 17.4. The zero-order valence-corrected chi connectivity index (χ0v) is 16.1. The largest absolute Gasteiger partial charge is 0.299 e. The minimum Gasteiger partial charge on any atom is -0.299 e. The lowest BCUT2D eigenvalue weighted by molar-refractivity contribution is -0.133. The number of nitrogens with zero attached hydrogens (tertiary/aromatic N) is 1. The third kappa shape index (κ3) is 2.94. The molecule has 3 aliphatic rings. The van der Waals surface area contributed by atoms with Crippen LogP contribution in [0, 0.1) is 17.8 Å². The van der Waals surface area contributed by atoms with Gasteiger partial charge < -0.3 is 0 Å². The van der Waals surface area contributed by atoms with Crippen LogP contribution in [0.15, 0.2) is 54.6 Å². The number of amides is 1. The topological polar surface area (TPSA) is 61.4 Å². The number of nitrogens with one attached hydrogen (secondary N) is 2. The Morgan fingerprint density at radius 3 is 2.50 bits per heavy atom. The number of hydrazine groups is 1. The van der Waals surface area contributed by atoms with Crippen molar-refractivity contribution in [1.29, 1.82) is 0 Å².